The van der Waals surface area contributed by atoms with Crippen molar-refractivity contribution in [2.45, 2.75) is 411 Å². The Bertz CT molecular complexity index is 1220. The summed E-state index contributed by atoms with van der Waals surface area (Å²) in [6, 6.07) is -0.629. The molecule has 0 aromatic carbocycles. The number of amides is 1. The van der Waals surface area contributed by atoms with Crippen LogP contribution in [0.5, 0.6) is 0 Å². The number of carbonyl (C=O) groups excluding carboxylic acids is 2. The van der Waals surface area contributed by atoms with Crippen LogP contribution in [0, 0.1) is 0 Å². The van der Waals surface area contributed by atoms with E-state index >= 15 is 0 Å². The topological polar surface area (TPSA) is 95.9 Å². The highest BCUT2D eigenvalue weighted by molar-refractivity contribution is 5.76. The van der Waals surface area contributed by atoms with Gasteiger partial charge in [-0.05, 0) is 57.8 Å². The number of unbranched alkanes of at least 4 members (excludes halogenated alkanes) is 54. The molecule has 1 amide bonds. The van der Waals surface area contributed by atoms with Crippen LogP contribution in [0.2, 0.25) is 0 Å². The van der Waals surface area contributed by atoms with Crippen LogP contribution in [0.4, 0.5) is 0 Å². The maximum Gasteiger partial charge on any atom is 0.305 e. The second kappa shape index (κ2) is 67.8. The van der Waals surface area contributed by atoms with Crippen molar-refractivity contribution in [1.29, 1.82) is 0 Å². The summed E-state index contributed by atoms with van der Waals surface area (Å²) < 4.78 is 5.49. The van der Waals surface area contributed by atoms with Gasteiger partial charge in [0.25, 0.3) is 0 Å². The highest BCUT2D eigenvalue weighted by Gasteiger charge is 2.18. The number of hydrogen-bond acceptors (Lipinski definition) is 5. The van der Waals surface area contributed by atoms with Gasteiger partial charge in [0, 0.05) is 12.8 Å². The van der Waals surface area contributed by atoms with Crippen LogP contribution in [0.15, 0.2) is 24.3 Å². The van der Waals surface area contributed by atoms with Gasteiger partial charge in [0.1, 0.15) is 0 Å². The van der Waals surface area contributed by atoms with Crippen LogP contribution >= 0.6 is 0 Å². The van der Waals surface area contributed by atoms with Crippen molar-refractivity contribution in [1.82, 2.24) is 5.32 Å². The molecule has 0 spiro atoms. The molecule has 0 radical (unpaired) electrons. The Kier molecular flexibility index (Phi) is 66.4. The van der Waals surface area contributed by atoms with Crippen LogP contribution < -0.4 is 5.32 Å². The third-order valence-electron chi connectivity index (χ3n) is 16.7. The van der Waals surface area contributed by atoms with Crippen molar-refractivity contribution >= 4 is 11.9 Å². The Morgan fingerprint density at radius 2 is 0.603 bits per heavy atom. The quantitative estimate of drug-likeness (QED) is 0.0320. The molecule has 0 aliphatic carbocycles. The molecule has 0 saturated carbocycles. The number of hydrogen-bond donors (Lipinski definition) is 3. The minimum atomic E-state index is -0.846. The van der Waals surface area contributed by atoms with E-state index in [9.17, 15) is 19.8 Å². The molecule has 6 nitrogen and oxygen atoms in total. The van der Waals surface area contributed by atoms with Gasteiger partial charge >= 0.3 is 5.97 Å². The molecule has 0 rings (SSSR count). The van der Waals surface area contributed by atoms with E-state index in [0.29, 0.717) is 19.4 Å². The fraction of sp³-hybridized carbons (Fsp3) is 0.917. The predicted molar refractivity (Wildman–Crippen MR) is 343 cm³/mol. The summed E-state index contributed by atoms with van der Waals surface area (Å²) in [5.74, 6) is -0.0576. The van der Waals surface area contributed by atoms with E-state index < -0.39 is 12.1 Å². The molecular weight excluding hydrogens is 959 g/mol. The van der Waals surface area contributed by atoms with Gasteiger partial charge in [0.2, 0.25) is 5.91 Å². The van der Waals surface area contributed by atoms with Crippen LogP contribution in [0.3, 0.4) is 0 Å². The Morgan fingerprint density at radius 3 is 0.910 bits per heavy atom. The summed E-state index contributed by atoms with van der Waals surface area (Å²) in [4.78, 5) is 24.6. The SMILES string of the molecule is CCCCCCCCC/C=C\CCCCCCCC(=O)OCCCCCCCCCCCCCCCCCCCCCCCCC(=O)NC(CO)C(O)/C=C/CCCCCCCCCCCCCCCCCCCCCCC. The lowest BCUT2D eigenvalue weighted by molar-refractivity contribution is -0.143. The Hall–Kier alpha value is -1.66. The largest absolute Gasteiger partial charge is 0.466 e. The van der Waals surface area contributed by atoms with E-state index in [0.717, 1.165) is 44.9 Å². The Morgan fingerprint density at radius 1 is 0.346 bits per heavy atom. The van der Waals surface area contributed by atoms with Crippen molar-refractivity contribution < 1.29 is 24.5 Å². The summed E-state index contributed by atoms with van der Waals surface area (Å²) in [5, 5.41) is 23.3. The molecule has 78 heavy (non-hydrogen) atoms. The summed E-state index contributed by atoms with van der Waals surface area (Å²) in [6.45, 7) is 4.94. The first kappa shape index (κ1) is 76.3. The van der Waals surface area contributed by atoms with Crippen molar-refractivity contribution in [3.05, 3.63) is 24.3 Å². The average molecular weight is 1100 g/mol. The lowest BCUT2D eigenvalue weighted by atomic mass is 10.0. The lowest BCUT2D eigenvalue weighted by Crippen LogP contribution is -2.45. The van der Waals surface area contributed by atoms with Gasteiger partial charge in [0.05, 0.1) is 25.4 Å². The standard InChI is InChI=1S/C72H139NO5/c1-3-5-7-9-11-13-15-17-19-21-22-23-24-27-30-33-36-40-44-48-52-56-60-64-70(75)69(68-74)73-71(76)65-61-57-53-49-45-41-37-34-31-28-25-26-29-32-35-39-43-47-51-55-59-63-67-78-72(77)66-62-58-54-50-46-42-38-20-18-16-14-12-10-8-6-4-2/h20,38,60,64,69-70,74-75H,3-19,21-37,39-59,61-63,65-68H2,1-2H3,(H,73,76)/b38-20-,64-60+. The van der Waals surface area contributed by atoms with Crippen LogP contribution in [-0.2, 0) is 14.3 Å². The molecule has 0 fully saturated rings. The number of allylic oxidation sites excluding steroid dienone is 3. The maximum atomic E-state index is 12.5. The maximum absolute atomic E-state index is 12.5. The van der Waals surface area contributed by atoms with Gasteiger partial charge in [-0.3, -0.25) is 9.59 Å². The minimum absolute atomic E-state index is 0.00627. The number of nitrogens with one attached hydrogen (secondary N) is 1. The van der Waals surface area contributed by atoms with Crippen LogP contribution in [0.1, 0.15) is 399 Å². The van der Waals surface area contributed by atoms with Gasteiger partial charge in [-0.1, -0.05) is 353 Å². The smallest absolute Gasteiger partial charge is 0.305 e. The zero-order valence-corrected chi connectivity index (χ0v) is 52.9. The zero-order valence-electron chi connectivity index (χ0n) is 52.9. The first-order valence-corrected chi connectivity index (χ1v) is 35.6. The molecule has 0 aliphatic rings. The van der Waals surface area contributed by atoms with E-state index in [1.807, 2.05) is 6.08 Å². The molecular formula is C72H139NO5. The van der Waals surface area contributed by atoms with Crippen molar-refractivity contribution in [2.75, 3.05) is 13.2 Å². The summed E-state index contributed by atoms with van der Waals surface area (Å²) in [7, 11) is 0. The van der Waals surface area contributed by atoms with E-state index in [1.54, 1.807) is 6.08 Å². The molecule has 462 valence electrons. The van der Waals surface area contributed by atoms with E-state index in [1.165, 1.54) is 327 Å². The molecule has 3 N–H and O–H groups in total. The summed E-state index contributed by atoms with van der Waals surface area (Å²) in [5.41, 5.74) is 0. The normalized spacial score (nSPS) is 12.6. The fourth-order valence-corrected chi connectivity index (χ4v) is 11.3. The molecule has 0 heterocycles. The van der Waals surface area contributed by atoms with Crippen molar-refractivity contribution in [2.24, 2.45) is 0 Å². The van der Waals surface area contributed by atoms with Crippen molar-refractivity contribution in [3.8, 4) is 0 Å². The second-order valence-corrected chi connectivity index (χ2v) is 24.6. The number of carbonyl (C=O) groups is 2. The number of rotatable bonds is 67. The van der Waals surface area contributed by atoms with Crippen LogP contribution in [-0.4, -0.2) is 47.4 Å². The lowest BCUT2D eigenvalue weighted by Gasteiger charge is -2.20. The second-order valence-electron chi connectivity index (χ2n) is 24.6. The first-order chi connectivity index (χ1) is 38.5. The highest BCUT2D eigenvalue weighted by Crippen LogP contribution is 2.19. The highest BCUT2D eigenvalue weighted by atomic mass is 16.5. The summed E-state index contributed by atoms with van der Waals surface area (Å²) >= 11 is 0. The molecule has 0 saturated heterocycles. The third kappa shape index (κ3) is 63.5. The first-order valence-electron chi connectivity index (χ1n) is 35.6. The number of esters is 1. The molecule has 0 aromatic rings. The van der Waals surface area contributed by atoms with Gasteiger partial charge in [0.15, 0.2) is 0 Å². The molecule has 0 bridgehead atoms. The molecule has 2 atom stereocenters. The van der Waals surface area contributed by atoms with E-state index in [2.05, 4.69) is 31.3 Å². The van der Waals surface area contributed by atoms with Crippen LogP contribution in [0.25, 0.3) is 0 Å². The third-order valence-corrected chi connectivity index (χ3v) is 16.7. The summed E-state index contributed by atoms with van der Waals surface area (Å²) in [6.07, 6.45) is 85.4. The van der Waals surface area contributed by atoms with Gasteiger partial charge in [-0.15, -0.1) is 0 Å². The monoisotopic (exact) mass is 1100 g/mol. The molecule has 0 aromatic heterocycles. The predicted octanol–water partition coefficient (Wildman–Crippen LogP) is 22.9. The molecule has 2 unspecified atom stereocenters. The fourth-order valence-electron chi connectivity index (χ4n) is 11.3. The zero-order chi connectivity index (χ0) is 56.4. The number of aliphatic hydroxyl groups excluding tert-OH is 2. The van der Waals surface area contributed by atoms with Gasteiger partial charge in [-0.2, -0.15) is 0 Å². The van der Waals surface area contributed by atoms with Gasteiger partial charge in [-0.25, -0.2) is 0 Å². The van der Waals surface area contributed by atoms with Crippen molar-refractivity contribution in [3.63, 3.8) is 0 Å². The molecule has 6 heteroatoms. The van der Waals surface area contributed by atoms with E-state index in [4.69, 9.17) is 4.74 Å². The van der Waals surface area contributed by atoms with Gasteiger partial charge < -0.3 is 20.3 Å². The number of ether oxygens (including phenoxy) is 1. The molecule has 0 aliphatic heterocycles. The van der Waals surface area contributed by atoms with E-state index in [-0.39, 0.29) is 18.5 Å². The Labute approximate surface area is 488 Å². The average Bonchev–Trinajstić information content (AvgIpc) is 3.44. The minimum Gasteiger partial charge on any atom is -0.466 e. The Balaban J connectivity index is 3.40. The number of aliphatic hydroxyl groups is 2.